The summed E-state index contributed by atoms with van der Waals surface area (Å²) in [5.41, 5.74) is -1.50. The molecule has 4 aliphatic heterocycles. The van der Waals surface area contributed by atoms with E-state index in [1.807, 2.05) is 71.9 Å². The molecule has 4 aliphatic rings. The number of rotatable bonds is 26. The smallest absolute Gasteiger partial charge is 0.454 e. The van der Waals surface area contributed by atoms with Gasteiger partial charge in [-0.1, -0.05) is 71.9 Å². The quantitative estimate of drug-likeness (QED) is 0.0153. The number of ether oxygens (including phenoxy) is 10. The summed E-state index contributed by atoms with van der Waals surface area (Å²) in [7, 11) is -7.98. The number of halogens is 1. The molecule has 2 fully saturated rings. The van der Waals surface area contributed by atoms with Crippen LogP contribution in [0.3, 0.4) is 0 Å². The highest BCUT2D eigenvalue weighted by Gasteiger charge is 2.44. The largest absolute Gasteiger partial charge is 0.513 e. The molecular formula is C61H74ClN5O23S2. The van der Waals surface area contributed by atoms with Gasteiger partial charge in [-0.2, -0.15) is 8.61 Å². The highest BCUT2D eigenvalue weighted by atomic mass is 35.5. The average Bonchev–Trinajstić information content (AvgIpc) is 1.14. The molecule has 2 saturated heterocycles. The van der Waals surface area contributed by atoms with Crippen LogP contribution < -0.4 is 33.7 Å². The molecule has 9 rings (SSSR count). The number of non-ortho nitro benzene ring substituents is 2. The molecule has 500 valence electrons. The number of nitrogens with one attached hydrogen (secondary N) is 1. The van der Waals surface area contributed by atoms with Crippen LogP contribution in [0.5, 0.6) is 34.5 Å². The predicted octanol–water partition coefficient (Wildman–Crippen LogP) is 9.21. The molecule has 0 bridgehead atoms. The van der Waals surface area contributed by atoms with E-state index in [1.54, 1.807) is 6.07 Å². The van der Waals surface area contributed by atoms with Crippen molar-refractivity contribution in [1.29, 1.82) is 0 Å². The third kappa shape index (κ3) is 20.5. The van der Waals surface area contributed by atoms with E-state index in [1.165, 1.54) is 87.5 Å². The number of sulfonamides is 2. The number of carbonyl (C=O) groups is 3. The third-order valence-electron chi connectivity index (χ3n) is 14.7. The van der Waals surface area contributed by atoms with E-state index in [0.29, 0.717) is 49.0 Å². The maximum Gasteiger partial charge on any atom is 0.513 e. The van der Waals surface area contributed by atoms with Gasteiger partial charge in [-0.05, 0) is 96.5 Å². The molecule has 5 aromatic carbocycles. The van der Waals surface area contributed by atoms with Gasteiger partial charge in [0.05, 0.1) is 57.5 Å². The molecule has 1 amide bonds. The lowest BCUT2D eigenvalue weighted by molar-refractivity contribution is -0.385. The highest BCUT2D eigenvalue weighted by Crippen LogP contribution is 2.38. The van der Waals surface area contributed by atoms with E-state index in [4.69, 9.17) is 54.2 Å². The number of aliphatic hydroxyl groups excluding tert-OH is 2. The number of hydrogen-bond donors (Lipinski definition) is 3. The molecule has 0 saturated carbocycles. The molecule has 0 spiro atoms. The minimum absolute atomic E-state index is 0.00158. The summed E-state index contributed by atoms with van der Waals surface area (Å²) < 4.78 is 110. The number of nitrogens with zero attached hydrogens (tertiary/aromatic N) is 4. The van der Waals surface area contributed by atoms with Crippen molar-refractivity contribution in [3.05, 3.63) is 141 Å². The molecule has 5 aromatic rings. The fraction of sp³-hybridized carbons (Fsp3) is 0.459. The summed E-state index contributed by atoms with van der Waals surface area (Å²) in [6.45, 7) is 12.2. The molecule has 0 aliphatic carbocycles. The Kier molecular flexibility index (Phi) is 24.9. The van der Waals surface area contributed by atoms with Crippen molar-refractivity contribution < 1.29 is 98.6 Å². The maximum atomic E-state index is 14.0. The van der Waals surface area contributed by atoms with E-state index in [0.717, 1.165) is 12.0 Å². The zero-order valence-electron chi connectivity index (χ0n) is 51.3. The Morgan fingerprint density at radius 1 is 0.707 bits per heavy atom. The van der Waals surface area contributed by atoms with E-state index < -0.39 is 76.7 Å². The van der Waals surface area contributed by atoms with Gasteiger partial charge in [-0.15, -0.1) is 0 Å². The third-order valence-corrected chi connectivity index (χ3v) is 18.4. The summed E-state index contributed by atoms with van der Waals surface area (Å²) >= 11 is 4.92. The Morgan fingerprint density at radius 2 is 1.22 bits per heavy atom. The SMILES string of the molecule is CC(C)(CCO)CN(C[C@@H](O)[C@H](Cc1ccccc1)NC(=O)O[C@H]1CO[C@H]2OCC[C@H]21)S(=O)(=O)c1ccc2c(c1)OCO2.CC(C)CN(CC(C)(C)CCOC(=O)Oc1ccc([N+](=O)[O-])cc1)S(=O)(=O)c1ccc2c(c1)OCO2.O=C(Cl)Oc1ccc([N+](=O)[O-])cc1. The Bertz CT molecular complexity index is 3570. The zero-order chi connectivity index (χ0) is 67.0. The topological polar surface area (TPSA) is 357 Å². The standard InChI is InChI=1S/C30H40N2O10S.C24H30N2O9S.C7H4ClNO4/c1-30(2,11-12-33)18-32(43(36,37)21-8-9-25-26(15-21)41-19-40-25)16-24(34)23(14-20-6-4-3-5-7-20)31-29(35)42-27-17-39-28-22(27)10-13-38-28;1-17(2)14-25(36(30,31)20-9-10-21-22(13-20)34-16-33-21)15-24(3,4)11-12-32-23(27)35-19-7-5-18(6-8-19)26(28)29;8-7(10)13-6-3-1-5(2-4-6)9(11)12/h3-9,15,22-24,27-28,33-34H,10-14,16-19H2,1-2H3,(H,31,35);5-10,13,17H,11-12,14-16H2,1-4H3;1-4H/t22-,23-,24+,27-,28+;;/m0../s1. The highest BCUT2D eigenvalue weighted by molar-refractivity contribution is 7.89. The Hall–Kier alpha value is -7.94. The van der Waals surface area contributed by atoms with Gasteiger partial charge in [0.1, 0.15) is 17.6 Å². The Balaban J connectivity index is 0.000000221. The summed E-state index contributed by atoms with van der Waals surface area (Å²) in [4.78, 5) is 55.3. The van der Waals surface area contributed by atoms with E-state index in [9.17, 15) is 61.7 Å². The number of aliphatic hydroxyl groups is 2. The fourth-order valence-electron chi connectivity index (χ4n) is 9.95. The minimum Gasteiger partial charge on any atom is -0.454 e. The van der Waals surface area contributed by atoms with Crippen molar-refractivity contribution in [3.63, 3.8) is 0 Å². The zero-order valence-corrected chi connectivity index (χ0v) is 53.7. The first-order valence-corrected chi connectivity index (χ1v) is 32.3. The van der Waals surface area contributed by atoms with Crippen molar-refractivity contribution in [2.75, 3.05) is 66.2 Å². The van der Waals surface area contributed by atoms with Crippen LogP contribution in [0.2, 0.25) is 0 Å². The number of benzene rings is 5. The number of alkyl carbamates (subject to hydrolysis) is 1. The second-order valence-electron chi connectivity index (χ2n) is 23.6. The van der Waals surface area contributed by atoms with E-state index in [2.05, 4.69) is 10.1 Å². The minimum atomic E-state index is -4.15. The molecule has 31 heteroatoms. The van der Waals surface area contributed by atoms with Crippen LogP contribution in [0.25, 0.3) is 0 Å². The summed E-state index contributed by atoms with van der Waals surface area (Å²) in [6.07, 6.45) is -2.22. The lowest BCUT2D eigenvalue weighted by Crippen LogP contribution is -2.52. The van der Waals surface area contributed by atoms with Gasteiger partial charge in [0, 0.05) is 80.8 Å². The summed E-state index contributed by atoms with van der Waals surface area (Å²) in [5.74, 6) is 1.96. The number of nitro groups is 2. The lowest BCUT2D eigenvalue weighted by Gasteiger charge is -2.35. The van der Waals surface area contributed by atoms with Crippen molar-refractivity contribution in [1.82, 2.24) is 13.9 Å². The normalized spacial score (nSPS) is 17.1. The van der Waals surface area contributed by atoms with Gasteiger partial charge >= 0.3 is 17.7 Å². The van der Waals surface area contributed by atoms with Gasteiger partial charge < -0.3 is 62.9 Å². The van der Waals surface area contributed by atoms with Gasteiger partial charge in [0.15, 0.2) is 29.3 Å². The van der Waals surface area contributed by atoms with Crippen molar-refractivity contribution >= 4 is 60.7 Å². The molecule has 5 atom stereocenters. The molecule has 3 N–H and O–H groups in total. The number of amides is 1. The van der Waals surface area contributed by atoms with E-state index in [-0.39, 0.29) is 110 Å². The van der Waals surface area contributed by atoms with Crippen molar-refractivity contribution in [3.8, 4) is 34.5 Å². The van der Waals surface area contributed by atoms with Gasteiger partial charge in [0.2, 0.25) is 33.6 Å². The molecule has 4 heterocycles. The van der Waals surface area contributed by atoms with Gasteiger partial charge in [-0.25, -0.2) is 31.2 Å². The van der Waals surface area contributed by atoms with Crippen LogP contribution in [0.4, 0.5) is 25.8 Å². The van der Waals surface area contributed by atoms with Crippen LogP contribution in [0, 0.1) is 42.9 Å². The first kappa shape index (κ1) is 71.5. The van der Waals surface area contributed by atoms with E-state index >= 15 is 0 Å². The van der Waals surface area contributed by atoms with Crippen LogP contribution in [0.15, 0.2) is 125 Å². The number of fused-ring (bicyclic) bond motifs is 3. The summed E-state index contributed by atoms with van der Waals surface area (Å²) in [6, 6.07) is 27.4. The number of nitro benzene ring substituents is 2. The van der Waals surface area contributed by atoms with Gasteiger partial charge in [-0.3, -0.25) is 20.2 Å². The second kappa shape index (κ2) is 32.1. The molecule has 28 nitrogen and oxygen atoms in total. The molecular weight excluding hydrogens is 1270 g/mol. The van der Waals surface area contributed by atoms with Crippen LogP contribution in [-0.4, -0.2) is 154 Å². The second-order valence-corrected chi connectivity index (χ2v) is 27.8. The van der Waals surface area contributed by atoms with Crippen LogP contribution >= 0.6 is 11.6 Å². The average molecular weight is 1340 g/mol. The fourth-order valence-corrected chi connectivity index (χ4v) is 13.5. The molecule has 92 heavy (non-hydrogen) atoms. The Morgan fingerprint density at radius 3 is 1.73 bits per heavy atom. The number of hydrogen-bond acceptors (Lipinski definition) is 23. The monoisotopic (exact) mass is 1340 g/mol. The summed E-state index contributed by atoms with van der Waals surface area (Å²) in [5, 5.41) is 44.9. The van der Waals surface area contributed by atoms with Gasteiger partial charge in [0.25, 0.3) is 11.4 Å². The molecule has 0 unspecified atom stereocenters. The van der Waals surface area contributed by atoms with Crippen molar-refractivity contribution in [2.24, 2.45) is 22.7 Å². The molecule has 0 aromatic heterocycles. The lowest BCUT2D eigenvalue weighted by atomic mass is 9.89. The number of carbonyl (C=O) groups excluding carboxylic acids is 3. The van der Waals surface area contributed by atoms with Crippen LogP contribution in [-0.2, 0) is 45.4 Å². The Labute approximate surface area is 536 Å². The first-order valence-electron chi connectivity index (χ1n) is 29.1. The first-order chi connectivity index (χ1) is 43.5. The maximum absolute atomic E-state index is 14.0. The van der Waals surface area contributed by atoms with Crippen molar-refractivity contribution in [2.45, 2.75) is 102 Å². The molecule has 0 radical (unpaired) electrons. The predicted molar refractivity (Wildman–Crippen MR) is 329 cm³/mol. The van der Waals surface area contributed by atoms with Crippen LogP contribution in [0.1, 0.15) is 66.4 Å².